The molecule has 0 saturated carbocycles. The molecule has 0 bridgehead atoms. The van der Waals surface area contributed by atoms with Crippen molar-refractivity contribution in [2.45, 2.75) is 4.90 Å². The number of pyridine rings is 1. The molecule has 0 aliphatic carbocycles. The standard InChI is InChI=1S/C26H20FN3O5S/c1-30-15-18-13-20(36(32,33)29-24-10-11-35-28-24)7-9-21(18)25(26(30)31)22-8-6-17(14-23(22)34-2)16-4-3-5-19(27)12-16/h3-15H,1-2H3,(H,28,29). The molecule has 0 aliphatic heterocycles. The average Bonchev–Trinajstić information content (AvgIpc) is 3.36. The fourth-order valence-electron chi connectivity index (χ4n) is 4.07. The van der Waals surface area contributed by atoms with E-state index in [1.807, 2.05) is 0 Å². The summed E-state index contributed by atoms with van der Waals surface area (Å²) in [6.45, 7) is 0. The summed E-state index contributed by atoms with van der Waals surface area (Å²) in [6.07, 6.45) is 2.83. The van der Waals surface area contributed by atoms with Gasteiger partial charge in [0.1, 0.15) is 17.8 Å². The minimum Gasteiger partial charge on any atom is -0.496 e. The number of methoxy groups -OCH3 is 1. The number of halogens is 1. The van der Waals surface area contributed by atoms with Crippen molar-refractivity contribution in [3.63, 3.8) is 0 Å². The first-order valence-corrected chi connectivity index (χ1v) is 12.3. The van der Waals surface area contributed by atoms with Gasteiger partial charge < -0.3 is 13.8 Å². The lowest BCUT2D eigenvalue weighted by atomic mass is 9.96. The molecule has 5 aromatic rings. The Labute approximate surface area is 205 Å². The zero-order chi connectivity index (χ0) is 25.4. The van der Waals surface area contributed by atoms with Crippen molar-refractivity contribution < 1.29 is 22.1 Å². The first-order chi connectivity index (χ1) is 17.3. The lowest BCUT2D eigenvalue weighted by Gasteiger charge is -2.15. The number of ether oxygens (including phenoxy) is 1. The molecule has 36 heavy (non-hydrogen) atoms. The lowest BCUT2D eigenvalue weighted by Crippen LogP contribution is -2.19. The molecule has 0 spiro atoms. The van der Waals surface area contributed by atoms with Crippen molar-refractivity contribution >= 4 is 26.6 Å². The summed E-state index contributed by atoms with van der Waals surface area (Å²) >= 11 is 0. The van der Waals surface area contributed by atoms with Crippen LogP contribution in [0.15, 0.2) is 93.4 Å². The van der Waals surface area contributed by atoms with Gasteiger partial charge >= 0.3 is 0 Å². The Kier molecular flexibility index (Phi) is 5.81. The van der Waals surface area contributed by atoms with Gasteiger partial charge in [0.15, 0.2) is 5.82 Å². The Balaban J connectivity index is 1.65. The third-order valence-electron chi connectivity index (χ3n) is 5.78. The number of fused-ring (bicyclic) bond motifs is 1. The quantitative estimate of drug-likeness (QED) is 0.355. The number of sulfonamides is 1. The Morgan fingerprint density at radius 2 is 1.83 bits per heavy atom. The molecule has 5 rings (SSSR count). The normalized spacial score (nSPS) is 11.5. The molecule has 8 nitrogen and oxygen atoms in total. The largest absolute Gasteiger partial charge is 0.496 e. The van der Waals surface area contributed by atoms with Crippen molar-refractivity contribution in [2.24, 2.45) is 7.05 Å². The first-order valence-electron chi connectivity index (χ1n) is 10.8. The molecule has 0 atom stereocenters. The van der Waals surface area contributed by atoms with Gasteiger partial charge in [0.05, 0.1) is 17.6 Å². The second kappa shape index (κ2) is 8.97. The van der Waals surface area contributed by atoms with E-state index >= 15 is 0 Å². The molecule has 0 unspecified atom stereocenters. The van der Waals surface area contributed by atoms with E-state index in [1.54, 1.807) is 49.6 Å². The van der Waals surface area contributed by atoms with Crippen LogP contribution in [-0.4, -0.2) is 25.3 Å². The van der Waals surface area contributed by atoms with Crippen LogP contribution >= 0.6 is 0 Å². The summed E-state index contributed by atoms with van der Waals surface area (Å²) in [5.74, 6) is 0.118. The number of benzene rings is 3. The smallest absolute Gasteiger partial charge is 0.263 e. The third-order valence-corrected chi connectivity index (χ3v) is 7.13. The maximum Gasteiger partial charge on any atom is 0.263 e. The van der Waals surface area contributed by atoms with E-state index in [1.165, 1.54) is 48.3 Å². The fraction of sp³-hybridized carbons (Fsp3) is 0.0769. The van der Waals surface area contributed by atoms with Crippen molar-refractivity contribution in [3.05, 3.63) is 95.4 Å². The number of nitrogens with zero attached hydrogens (tertiary/aromatic N) is 2. The highest BCUT2D eigenvalue weighted by Gasteiger charge is 2.20. The molecule has 2 heterocycles. The average molecular weight is 506 g/mol. The van der Waals surface area contributed by atoms with Crippen molar-refractivity contribution in [3.8, 4) is 28.0 Å². The zero-order valence-electron chi connectivity index (χ0n) is 19.2. The molecule has 0 amide bonds. The van der Waals surface area contributed by atoms with Gasteiger partial charge in [-0.25, -0.2) is 12.8 Å². The summed E-state index contributed by atoms with van der Waals surface area (Å²) < 4.78 is 53.4. The minimum atomic E-state index is -3.94. The van der Waals surface area contributed by atoms with Crippen LogP contribution in [0.25, 0.3) is 33.0 Å². The van der Waals surface area contributed by atoms with E-state index in [2.05, 4.69) is 14.4 Å². The molecule has 0 radical (unpaired) electrons. The molecular weight excluding hydrogens is 485 g/mol. The maximum atomic E-state index is 13.7. The van der Waals surface area contributed by atoms with Crippen LogP contribution in [0.4, 0.5) is 10.2 Å². The molecule has 0 fully saturated rings. The highest BCUT2D eigenvalue weighted by Crippen LogP contribution is 2.36. The number of nitrogens with one attached hydrogen (secondary N) is 1. The van der Waals surface area contributed by atoms with E-state index in [0.717, 1.165) is 5.56 Å². The van der Waals surface area contributed by atoms with Crippen LogP contribution < -0.4 is 15.0 Å². The van der Waals surface area contributed by atoms with Gasteiger partial charge in [-0.15, -0.1) is 0 Å². The number of hydrogen-bond donors (Lipinski definition) is 1. The van der Waals surface area contributed by atoms with E-state index in [-0.39, 0.29) is 22.1 Å². The van der Waals surface area contributed by atoms with E-state index in [9.17, 15) is 17.6 Å². The van der Waals surface area contributed by atoms with Crippen molar-refractivity contribution in [2.75, 3.05) is 11.8 Å². The number of rotatable bonds is 6. The summed E-state index contributed by atoms with van der Waals surface area (Å²) in [5.41, 5.74) is 1.99. The minimum absolute atomic E-state index is 0.00369. The first kappa shape index (κ1) is 23.3. The molecule has 2 aromatic heterocycles. The van der Waals surface area contributed by atoms with Crippen molar-refractivity contribution in [1.29, 1.82) is 0 Å². The van der Waals surface area contributed by atoms with Crippen LogP contribution in [0.5, 0.6) is 5.75 Å². The SMILES string of the molecule is COc1cc(-c2cccc(F)c2)ccc1-c1c(=O)n(C)cc2cc(S(=O)(=O)Nc3ccon3)ccc12. The number of hydrogen-bond acceptors (Lipinski definition) is 6. The summed E-state index contributed by atoms with van der Waals surface area (Å²) in [4.78, 5) is 13.2. The maximum absolute atomic E-state index is 13.7. The second-order valence-electron chi connectivity index (χ2n) is 8.08. The summed E-state index contributed by atoms with van der Waals surface area (Å²) in [7, 11) is -0.862. The van der Waals surface area contributed by atoms with Crippen molar-refractivity contribution in [1.82, 2.24) is 9.72 Å². The number of anilines is 1. The second-order valence-corrected chi connectivity index (χ2v) is 9.77. The molecule has 182 valence electrons. The van der Waals surface area contributed by atoms with Crippen LogP contribution in [-0.2, 0) is 17.1 Å². The molecule has 1 N–H and O–H groups in total. The van der Waals surface area contributed by atoms with Gasteiger partial charge in [0.25, 0.3) is 15.6 Å². The third kappa shape index (κ3) is 4.22. The predicted molar refractivity (Wildman–Crippen MR) is 134 cm³/mol. The Morgan fingerprint density at radius 1 is 1.03 bits per heavy atom. The highest BCUT2D eigenvalue weighted by molar-refractivity contribution is 7.92. The van der Waals surface area contributed by atoms with Gasteiger partial charge in [-0.3, -0.25) is 9.52 Å². The molecule has 3 aromatic carbocycles. The van der Waals surface area contributed by atoms with Gasteiger partial charge in [0.2, 0.25) is 0 Å². The van der Waals surface area contributed by atoms with E-state index in [0.29, 0.717) is 33.2 Å². The van der Waals surface area contributed by atoms with Gasteiger partial charge in [0, 0.05) is 30.3 Å². The summed E-state index contributed by atoms with van der Waals surface area (Å²) in [6, 6.07) is 17.3. The lowest BCUT2D eigenvalue weighted by molar-refractivity contribution is 0.416. The topological polar surface area (TPSA) is 103 Å². The van der Waals surface area contributed by atoms with Crippen LogP contribution in [0.3, 0.4) is 0 Å². The van der Waals surface area contributed by atoms with E-state index in [4.69, 9.17) is 4.74 Å². The van der Waals surface area contributed by atoms with Crippen LogP contribution in [0.1, 0.15) is 0 Å². The Morgan fingerprint density at radius 3 is 2.56 bits per heavy atom. The zero-order valence-corrected chi connectivity index (χ0v) is 20.0. The van der Waals surface area contributed by atoms with Gasteiger partial charge in [-0.05, 0) is 52.9 Å². The Bertz CT molecular complexity index is 1760. The van der Waals surface area contributed by atoms with Crippen LogP contribution in [0.2, 0.25) is 0 Å². The predicted octanol–water partition coefficient (Wildman–Crippen LogP) is 4.81. The fourth-order valence-corrected chi connectivity index (χ4v) is 5.10. The summed E-state index contributed by atoms with van der Waals surface area (Å²) in [5, 5.41) is 4.66. The van der Waals surface area contributed by atoms with Gasteiger partial charge in [-0.1, -0.05) is 29.4 Å². The molecule has 0 saturated heterocycles. The Hall–Kier alpha value is -4.44. The molecule has 10 heteroatoms. The monoisotopic (exact) mass is 505 g/mol. The van der Waals surface area contributed by atoms with Crippen LogP contribution in [0, 0.1) is 5.82 Å². The molecular formula is C26H20FN3O5S. The van der Waals surface area contributed by atoms with E-state index < -0.39 is 10.0 Å². The number of aromatic nitrogens is 2. The highest BCUT2D eigenvalue weighted by atomic mass is 32.2. The number of aryl methyl sites for hydroxylation is 1. The molecule has 0 aliphatic rings. The van der Waals surface area contributed by atoms with Gasteiger partial charge in [-0.2, -0.15) is 0 Å².